The number of carbonyl (C=O) groups is 1. The van der Waals surface area contributed by atoms with Gasteiger partial charge in [-0.25, -0.2) is 0 Å². The second-order valence-electron chi connectivity index (χ2n) is 6.61. The summed E-state index contributed by atoms with van der Waals surface area (Å²) < 4.78 is 5.50. The van der Waals surface area contributed by atoms with Crippen LogP contribution >= 0.6 is 24.0 Å². The smallest absolute Gasteiger partial charge is 0.219 e. The molecule has 2 rings (SSSR count). The van der Waals surface area contributed by atoms with E-state index in [0.29, 0.717) is 5.41 Å². The number of hydrogen-bond acceptors (Lipinski definition) is 3. The van der Waals surface area contributed by atoms with E-state index in [1.165, 1.54) is 12.8 Å². The number of amides is 1. The highest BCUT2D eigenvalue weighted by atomic mass is 127. The molecule has 0 spiro atoms. The molecule has 0 aromatic carbocycles. The molecule has 1 aliphatic carbocycles. The molecule has 7 heteroatoms. The molecule has 140 valence electrons. The van der Waals surface area contributed by atoms with Crippen molar-refractivity contribution in [1.82, 2.24) is 15.1 Å². The minimum Gasteiger partial charge on any atom is -0.382 e. The van der Waals surface area contributed by atoms with Crippen LogP contribution in [-0.2, 0) is 9.53 Å². The Kier molecular flexibility index (Phi) is 9.33. The van der Waals surface area contributed by atoms with E-state index in [1.54, 1.807) is 6.92 Å². The first-order chi connectivity index (χ1) is 11.1. The minimum atomic E-state index is 0. The van der Waals surface area contributed by atoms with Crippen LogP contribution in [0.25, 0.3) is 0 Å². The third-order valence-corrected chi connectivity index (χ3v) is 4.86. The van der Waals surface area contributed by atoms with Gasteiger partial charge in [-0.2, -0.15) is 0 Å². The first kappa shape index (κ1) is 21.5. The van der Waals surface area contributed by atoms with Gasteiger partial charge < -0.3 is 19.9 Å². The van der Waals surface area contributed by atoms with Gasteiger partial charge in [-0.3, -0.25) is 9.79 Å². The SMILES string of the molecule is CCNC(=NCC1(CCOCC)CC1)N1CCN(C(C)=O)CC1.I. The Hall–Kier alpha value is -0.570. The topological polar surface area (TPSA) is 57.2 Å². The number of nitrogens with zero attached hydrogens (tertiary/aromatic N) is 3. The van der Waals surface area contributed by atoms with Gasteiger partial charge in [0.2, 0.25) is 5.91 Å². The lowest BCUT2D eigenvalue weighted by Crippen LogP contribution is -2.53. The molecule has 1 heterocycles. The van der Waals surface area contributed by atoms with E-state index in [0.717, 1.165) is 64.9 Å². The number of piperazine rings is 1. The number of guanidine groups is 1. The fourth-order valence-electron chi connectivity index (χ4n) is 3.00. The van der Waals surface area contributed by atoms with Crippen molar-refractivity contribution < 1.29 is 9.53 Å². The van der Waals surface area contributed by atoms with Crippen LogP contribution in [0.2, 0.25) is 0 Å². The van der Waals surface area contributed by atoms with Crippen molar-refractivity contribution in [1.29, 1.82) is 0 Å². The van der Waals surface area contributed by atoms with E-state index in [9.17, 15) is 4.79 Å². The molecule has 0 aromatic heterocycles. The zero-order chi connectivity index (χ0) is 16.7. The fourth-order valence-corrected chi connectivity index (χ4v) is 3.00. The standard InChI is InChI=1S/C17H32N4O2.HI/c1-4-18-16(21-11-9-20(10-12-21)15(3)22)19-14-17(6-7-17)8-13-23-5-2;/h4-14H2,1-3H3,(H,18,19);1H. The van der Waals surface area contributed by atoms with E-state index in [4.69, 9.17) is 9.73 Å². The van der Waals surface area contributed by atoms with Crippen LogP contribution in [0.15, 0.2) is 4.99 Å². The normalized spacial score (nSPS) is 19.7. The lowest BCUT2D eigenvalue weighted by molar-refractivity contribution is -0.130. The Morgan fingerprint density at radius 3 is 2.29 bits per heavy atom. The van der Waals surface area contributed by atoms with Crippen LogP contribution in [0.4, 0.5) is 0 Å². The van der Waals surface area contributed by atoms with Crippen LogP contribution in [0.1, 0.15) is 40.0 Å². The maximum absolute atomic E-state index is 11.4. The predicted molar refractivity (Wildman–Crippen MR) is 108 cm³/mol. The predicted octanol–water partition coefficient (Wildman–Crippen LogP) is 1.94. The van der Waals surface area contributed by atoms with Crippen molar-refractivity contribution in [2.45, 2.75) is 40.0 Å². The van der Waals surface area contributed by atoms with Gasteiger partial charge in [0.05, 0.1) is 0 Å². The van der Waals surface area contributed by atoms with Crippen molar-refractivity contribution in [3.8, 4) is 0 Å². The molecular weight excluding hydrogens is 419 g/mol. The van der Waals surface area contributed by atoms with Crippen LogP contribution in [-0.4, -0.2) is 74.1 Å². The van der Waals surface area contributed by atoms with E-state index >= 15 is 0 Å². The van der Waals surface area contributed by atoms with E-state index in [1.807, 2.05) is 11.8 Å². The molecule has 0 bridgehead atoms. The molecule has 0 unspecified atom stereocenters. The van der Waals surface area contributed by atoms with Gasteiger partial charge >= 0.3 is 0 Å². The Morgan fingerprint density at radius 2 is 1.79 bits per heavy atom. The number of rotatable bonds is 7. The average Bonchev–Trinajstić information content (AvgIpc) is 3.32. The van der Waals surface area contributed by atoms with Gasteiger partial charge in [0.1, 0.15) is 0 Å². The number of aliphatic imine (C=N–C) groups is 1. The van der Waals surface area contributed by atoms with Crippen molar-refractivity contribution in [2.24, 2.45) is 10.4 Å². The third kappa shape index (κ3) is 6.38. The molecule has 2 aliphatic rings. The zero-order valence-corrected chi connectivity index (χ0v) is 17.7. The van der Waals surface area contributed by atoms with Crippen LogP contribution in [0.5, 0.6) is 0 Å². The summed E-state index contributed by atoms with van der Waals surface area (Å²) >= 11 is 0. The van der Waals surface area contributed by atoms with Crippen molar-refractivity contribution >= 4 is 35.8 Å². The second-order valence-corrected chi connectivity index (χ2v) is 6.61. The van der Waals surface area contributed by atoms with Gasteiger partial charge in [-0.05, 0) is 38.5 Å². The molecule has 1 amide bonds. The third-order valence-electron chi connectivity index (χ3n) is 4.86. The van der Waals surface area contributed by atoms with Gasteiger partial charge in [0.15, 0.2) is 5.96 Å². The molecule has 0 atom stereocenters. The number of nitrogens with one attached hydrogen (secondary N) is 1. The molecule has 24 heavy (non-hydrogen) atoms. The highest BCUT2D eigenvalue weighted by molar-refractivity contribution is 14.0. The van der Waals surface area contributed by atoms with Crippen molar-refractivity contribution in [3.05, 3.63) is 0 Å². The minimum absolute atomic E-state index is 0. The van der Waals surface area contributed by atoms with Gasteiger partial charge in [-0.15, -0.1) is 24.0 Å². The molecule has 0 radical (unpaired) electrons. The number of halogens is 1. The lowest BCUT2D eigenvalue weighted by Gasteiger charge is -2.36. The number of ether oxygens (including phenoxy) is 1. The maximum atomic E-state index is 11.4. The molecule has 1 N–H and O–H groups in total. The van der Waals surface area contributed by atoms with Gasteiger partial charge in [0, 0.05) is 59.4 Å². The van der Waals surface area contributed by atoms with Crippen LogP contribution in [0.3, 0.4) is 0 Å². The summed E-state index contributed by atoms with van der Waals surface area (Å²) in [6.45, 7) is 12.5. The molecule has 1 aliphatic heterocycles. The highest BCUT2D eigenvalue weighted by Gasteiger charge is 2.42. The largest absolute Gasteiger partial charge is 0.382 e. The number of hydrogen-bond donors (Lipinski definition) is 1. The molecule has 1 saturated carbocycles. The lowest BCUT2D eigenvalue weighted by atomic mass is 10.0. The molecule has 0 aromatic rings. The second kappa shape index (κ2) is 10.4. The van der Waals surface area contributed by atoms with Crippen molar-refractivity contribution in [3.63, 3.8) is 0 Å². The van der Waals surface area contributed by atoms with Crippen molar-refractivity contribution in [2.75, 3.05) is 52.5 Å². The molecule has 6 nitrogen and oxygen atoms in total. The summed E-state index contributed by atoms with van der Waals surface area (Å²) in [5.74, 6) is 1.16. The summed E-state index contributed by atoms with van der Waals surface area (Å²) in [5.41, 5.74) is 0.372. The first-order valence-corrected chi connectivity index (χ1v) is 8.97. The Labute approximate surface area is 163 Å². The summed E-state index contributed by atoms with van der Waals surface area (Å²) in [5, 5.41) is 3.41. The highest BCUT2D eigenvalue weighted by Crippen LogP contribution is 2.49. The summed E-state index contributed by atoms with van der Waals surface area (Å²) in [7, 11) is 0. The van der Waals surface area contributed by atoms with Gasteiger partial charge in [-0.1, -0.05) is 0 Å². The fraction of sp³-hybridized carbons (Fsp3) is 0.882. The molecule has 2 fully saturated rings. The summed E-state index contributed by atoms with van der Waals surface area (Å²) in [6, 6.07) is 0. The molecular formula is C17H33IN4O2. The van der Waals surface area contributed by atoms with E-state index in [-0.39, 0.29) is 29.9 Å². The Bertz CT molecular complexity index is 419. The van der Waals surface area contributed by atoms with Crippen LogP contribution in [0, 0.1) is 5.41 Å². The number of carbonyl (C=O) groups excluding carboxylic acids is 1. The average molecular weight is 452 g/mol. The summed E-state index contributed by atoms with van der Waals surface area (Å²) in [6.07, 6.45) is 3.64. The molecule has 1 saturated heterocycles. The van der Waals surface area contributed by atoms with E-state index in [2.05, 4.69) is 17.1 Å². The maximum Gasteiger partial charge on any atom is 0.219 e. The Balaban J connectivity index is 0.00000288. The quantitative estimate of drug-likeness (QED) is 0.278. The van der Waals surface area contributed by atoms with Gasteiger partial charge in [0.25, 0.3) is 0 Å². The monoisotopic (exact) mass is 452 g/mol. The first-order valence-electron chi connectivity index (χ1n) is 8.97. The zero-order valence-electron chi connectivity index (χ0n) is 15.3. The van der Waals surface area contributed by atoms with Crippen LogP contribution < -0.4 is 5.32 Å². The van der Waals surface area contributed by atoms with E-state index < -0.39 is 0 Å². The summed E-state index contributed by atoms with van der Waals surface area (Å²) in [4.78, 5) is 20.5. The Morgan fingerprint density at radius 1 is 1.17 bits per heavy atom.